The van der Waals surface area contributed by atoms with Gasteiger partial charge in [-0.1, -0.05) is 11.6 Å². The highest BCUT2D eigenvalue weighted by Crippen LogP contribution is 2.35. The third kappa shape index (κ3) is 6.58. The van der Waals surface area contributed by atoms with Crippen LogP contribution in [-0.4, -0.2) is 29.7 Å². The van der Waals surface area contributed by atoms with Gasteiger partial charge in [0.1, 0.15) is 6.42 Å². The van der Waals surface area contributed by atoms with Crippen LogP contribution in [0, 0.1) is 0 Å². The molecular formula is C18H17BrClN3O4. The number of hydrogen-bond donors (Lipinski definition) is 3. The summed E-state index contributed by atoms with van der Waals surface area (Å²) in [6.45, 7) is 2.18. The average molecular weight is 455 g/mol. The molecule has 0 saturated carbocycles. The Balaban J connectivity index is 1.89. The normalized spacial score (nSPS) is 10.6. The van der Waals surface area contributed by atoms with Crippen LogP contribution in [0.5, 0.6) is 11.5 Å². The number of phenols is 1. The van der Waals surface area contributed by atoms with Crippen molar-refractivity contribution in [2.45, 2.75) is 13.3 Å². The zero-order chi connectivity index (χ0) is 19.8. The Morgan fingerprint density at radius 2 is 1.96 bits per heavy atom. The van der Waals surface area contributed by atoms with Crippen molar-refractivity contribution in [2.24, 2.45) is 5.10 Å². The minimum Gasteiger partial charge on any atom is -0.503 e. The first-order chi connectivity index (χ1) is 12.9. The van der Waals surface area contributed by atoms with Crippen LogP contribution in [0.1, 0.15) is 18.9 Å². The second-order valence-electron chi connectivity index (χ2n) is 5.31. The Kier molecular flexibility index (Phi) is 7.63. The van der Waals surface area contributed by atoms with Crippen molar-refractivity contribution in [2.75, 3.05) is 11.9 Å². The second kappa shape index (κ2) is 9.94. The first-order valence-electron chi connectivity index (χ1n) is 7.91. The van der Waals surface area contributed by atoms with E-state index in [2.05, 4.69) is 31.8 Å². The number of ether oxygens (including phenoxy) is 1. The summed E-state index contributed by atoms with van der Waals surface area (Å²) in [4.78, 5) is 23.6. The maximum atomic E-state index is 11.8. The molecule has 0 unspecified atom stereocenters. The van der Waals surface area contributed by atoms with E-state index in [-0.39, 0.29) is 12.2 Å². The summed E-state index contributed by atoms with van der Waals surface area (Å²) >= 11 is 8.98. The van der Waals surface area contributed by atoms with Gasteiger partial charge in [-0.25, -0.2) is 5.43 Å². The summed E-state index contributed by atoms with van der Waals surface area (Å²) in [5, 5.41) is 16.8. The number of hydrogen-bond acceptors (Lipinski definition) is 5. The third-order valence-corrected chi connectivity index (χ3v) is 4.06. The quantitative estimate of drug-likeness (QED) is 0.337. The maximum absolute atomic E-state index is 11.8. The number of carbonyl (C=O) groups is 2. The van der Waals surface area contributed by atoms with Crippen LogP contribution >= 0.6 is 27.5 Å². The maximum Gasteiger partial charge on any atom is 0.249 e. The number of anilines is 1. The Morgan fingerprint density at radius 3 is 2.63 bits per heavy atom. The lowest BCUT2D eigenvalue weighted by Gasteiger charge is -2.08. The van der Waals surface area contributed by atoms with Crippen molar-refractivity contribution >= 4 is 51.2 Å². The molecule has 0 bridgehead atoms. The largest absolute Gasteiger partial charge is 0.503 e. The lowest BCUT2D eigenvalue weighted by Crippen LogP contribution is -2.24. The van der Waals surface area contributed by atoms with E-state index in [0.29, 0.717) is 33.1 Å². The van der Waals surface area contributed by atoms with E-state index in [1.54, 1.807) is 43.3 Å². The fourth-order valence-electron chi connectivity index (χ4n) is 2.04. The number of aromatic hydroxyl groups is 1. The Bertz CT molecular complexity index is 856. The molecule has 0 aliphatic carbocycles. The molecule has 2 aromatic carbocycles. The molecule has 0 radical (unpaired) electrons. The minimum atomic E-state index is -0.569. The van der Waals surface area contributed by atoms with Gasteiger partial charge in [0, 0.05) is 10.7 Å². The van der Waals surface area contributed by atoms with E-state index < -0.39 is 11.8 Å². The summed E-state index contributed by atoms with van der Waals surface area (Å²) in [5.41, 5.74) is 3.40. The van der Waals surface area contributed by atoms with E-state index in [4.69, 9.17) is 16.3 Å². The van der Waals surface area contributed by atoms with Gasteiger partial charge in [0.15, 0.2) is 11.5 Å². The van der Waals surface area contributed by atoms with Gasteiger partial charge in [-0.15, -0.1) is 0 Å². The van der Waals surface area contributed by atoms with E-state index in [1.807, 2.05) is 0 Å². The van der Waals surface area contributed by atoms with Crippen molar-refractivity contribution in [3.8, 4) is 11.5 Å². The predicted octanol–water partition coefficient (Wildman–Crippen LogP) is 3.69. The van der Waals surface area contributed by atoms with Crippen LogP contribution in [0.2, 0.25) is 5.02 Å². The van der Waals surface area contributed by atoms with Gasteiger partial charge in [0.05, 0.1) is 17.3 Å². The van der Waals surface area contributed by atoms with Gasteiger partial charge < -0.3 is 15.2 Å². The van der Waals surface area contributed by atoms with Crippen molar-refractivity contribution in [3.05, 3.63) is 51.5 Å². The van der Waals surface area contributed by atoms with Crippen molar-refractivity contribution in [3.63, 3.8) is 0 Å². The van der Waals surface area contributed by atoms with Gasteiger partial charge in [-0.2, -0.15) is 5.10 Å². The predicted molar refractivity (Wildman–Crippen MR) is 107 cm³/mol. The SMILES string of the molecule is CCOc1cc(/C=N/NC(=O)CC(=O)Nc2ccc(Cl)cc2)cc(Br)c1O. The van der Waals surface area contributed by atoms with Gasteiger partial charge >= 0.3 is 0 Å². The van der Waals surface area contributed by atoms with Crippen molar-refractivity contribution in [1.82, 2.24) is 5.43 Å². The molecule has 9 heteroatoms. The Hall–Kier alpha value is -2.58. The minimum absolute atomic E-state index is 0.0168. The Labute approximate surface area is 169 Å². The van der Waals surface area contributed by atoms with Crippen LogP contribution in [-0.2, 0) is 9.59 Å². The number of amides is 2. The first kappa shape index (κ1) is 20.7. The molecular weight excluding hydrogens is 438 g/mol. The molecule has 7 nitrogen and oxygen atoms in total. The molecule has 2 aromatic rings. The molecule has 0 aliphatic heterocycles. The first-order valence-corrected chi connectivity index (χ1v) is 9.08. The smallest absolute Gasteiger partial charge is 0.249 e. The lowest BCUT2D eigenvalue weighted by atomic mass is 10.2. The number of phenolic OH excluding ortho intramolecular Hbond substituents is 1. The molecule has 3 N–H and O–H groups in total. The zero-order valence-electron chi connectivity index (χ0n) is 14.3. The van der Waals surface area contributed by atoms with Crippen LogP contribution in [0.3, 0.4) is 0 Å². The van der Waals surface area contributed by atoms with Gasteiger partial charge in [0.25, 0.3) is 0 Å². The van der Waals surface area contributed by atoms with Crippen LogP contribution in [0.4, 0.5) is 5.69 Å². The average Bonchev–Trinajstić information content (AvgIpc) is 2.61. The summed E-state index contributed by atoms with van der Waals surface area (Å²) in [6, 6.07) is 9.72. The summed E-state index contributed by atoms with van der Waals surface area (Å²) < 4.78 is 5.75. The fourth-order valence-corrected chi connectivity index (χ4v) is 2.62. The molecule has 0 aliphatic rings. The van der Waals surface area contributed by atoms with Crippen molar-refractivity contribution < 1.29 is 19.4 Å². The Morgan fingerprint density at radius 1 is 1.26 bits per heavy atom. The molecule has 142 valence electrons. The number of nitrogens with zero attached hydrogens (tertiary/aromatic N) is 1. The van der Waals surface area contributed by atoms with E-state index in [1.165, 1.54) is 6.21 Å². The molecule has 27 heavy (non-hydrogen) atoms. The number of halogens is 2. The van der Waals surface area contributed by atoms with E-state index in [0.717, 1.165) is 0 Å². The molecule has 0 saturated heterocycles. The van der Waals surface area contributed by atoms with E-state index >= 15 is 0 Å². The van der Waals surface area contributed by atoms with Crippen LogP contribution in [0.25, 0.3) is 0 Å². The topological polar surface area (TPSA) is 100 Å². The van der Waals surface area contributed by atoms with Crippen LogP contribution in [0.15, 0.2) is 46.0 Å². The summed E-state index contributed by atoms with van der Waals surface area (Å²) in [5.74, 6) is -0.768. The molecule has 2 rings (SSSR count). The molecule has 0 heterocycles. The summed E-state index contributed by atoms with van der Waals surface area (Å²) in [7, 11) is 0. The zero-order valence-corrected chi connectivity index (χ0v) is 16.7. The number of benzene rings is 2. The second-order valence-corrected chi connectivity index (χ2v) is 6.60. The standard InChI is InChI=1S/C18H17BrClN3O4/c1-2-27-15-8-11(7-14(19)18(15)26)10-21-23-17(25)9-16(24)22-13-5-3-12(20)4-6-13/h3-8,10,26H,2,9H2,1H3,(H,22,24)(H,23,25)/b21-10+. The molecule has 0 atom stereocenters. The number of rotatable bonds is 7. The third-order valence-electron chi connectivity index (χ3n) is 3.20. The summed E-state index contributed by atoms with van der Waals surface area (Å²) in [6.07, 6.45) is 0.991. The monoisotopic (exact) mass is 453 g/mol. The molecule has 0 spiro atoms. The van der Waals surface area contributed by atoms with Crippen LogP contribution < -0.4 is 15.5 Å². The highest BCUT2D eigenvalue weighted by molar-refractivity contribution is 9.10. The van der Waals surface area contributed by atoms with Gasteiger partial charge in [-0.3, -0.25) is 9.59 Å². The number of carbonyl (C=O) groups excluding carboxylic acids is 2. The highest BCUT2D eigenvalue weighted by Gasteiger charge is 2.10. The van der Waals surface area contributed by atoms with Crippen molar-refractivity contribution in [1.29, 1.82) is 0 Å². The fraction of sp³-hybridized carbons (Fsp3) is 0.167. The number of hydrazone groups is 1. The number of nitrogens with one attached hydrogen (secondary N) is 2. The van der Waals surface area contributed by atoms with E-state index in [9.17, 15) is 14.7 Å². The lowest BCUT2D eigenvalue weighted by molar-refractivity contribution is -0.126. The highest BCUT2D eigenvalue weighted by atomic mass is 79.9. The van der Waals surface area contributed by atoms with Gasteiger partial charge in [0.2, 0.25) is 11.8 Å². The molecule has 2 amide bonds. The van der Waals surface area contributed by atoms with Gasteiger partial charge in [-0.05, 0) is 64.8 Å². The molecule has 0 aromatic heterocycles. The molecule has 0 fully saturated rings.